The molecule has 4 nitrogen and oxygen atoms in total. The van der Waals surface area contributed by atoms with E-state index < -0.39 is 0 Å². The highest BCUT2D eigenvalue weighted by molar-refractivity contribution is 6.30. The van der Waals surface area contributed by atoms with Crippen LogP contribution in [0.4, 0.5) is 5.82 Å². The Morgan fingerprint density at radius 2 is 2.14 bits per heavy atom. The predicted molar refractivity (Wildman–Crippen MR) is 84.0 cm³/mol. The summed E-state index contributed by atoms with van der Waals surface area (Å²) in [4.78, 5) is 9.04. The number of nitrogens with zero attached hydrogens (tertiary/aromatic N) is 2. The molecule has 1 fully saturated rings. The smallest absolute Gasteiger partial charge is 0.219 e. The summed E-state index contributed by atoms with van der Waals surface area (Å²) in [5, 5.41) is 3.94. The number of halogens is 1. The van der Waals surface area contributed by atoms with E-state index in [1.54, 1.807) is 0 Å². The van der Waals surface area contributed by atoms with Gasteiger partial charge in [-0.25, -0.2) is 4.98 Å². The molecule has 21 heavy (non-hydrogen) atoms. The fourth-order valence-corrected chi connectivity index (χ4v) is 2.31. The zero-order valence-electron chi connectivity index (χ0n) is 12.0. The summed E-state index contributed by atoms with van der Waals surface area (Å²) in [6.07, 6.45) is 2.34. The van der Waals surface area contributed by atoms with Crippen molar-refractivity contribution in [2.75, 3.05) is 11.9 Å². The monoisotopic (exact) mass is 303 g/mol. The fraction of sp³-hybridized carbons (Fsp3) is 0.375. The number of ether oxygens (including phenoxy) is 1. The third-order valence-corrected chi connectivity index (χ3v) is 3.53. The molecule has 0 unspecified atom stereocenters. The summed E-state index contributed by atoms with van der Waals surface area (Å²) in [5.41, 5.74) is 1.03. The van der Waals surface area contributed by atoms with E-state index in [-0.39, 0.29) is 0 Å². The topological polar surface area (TPSA) is 47.0 Å². The second-order valence-corrected chi connectivity index (χ2v) is 5.61. The third kappa shape index (κ3) is 3.85. The zero-order valence-corrected chi connectivity index (χ0v) is 12.7. The molecule has 0 spiro atoms. The molecule has 0 atom stereocenters. The first kappa shape index (κ1) is 14.1. The van der Waals surface area contributed by atoms with Crippen molar-refractivity contribution in [3.05, 3.63) is 46.7 Å². The number of nitrogens with one attached hydrogen (secondary N) is 1. The van der Waals surface area contributed by atoms with Gasteiger partial charge in [0.15, 0.2) is 0 Å². The summed E-state index contributed by atoms with van der Waals surface area (Å²) in [6, 6.07) is 9.50. The maximum Gasteiger partial charge on any atom is 0.219 e. The average molecular weight is 304 g/mol. The van der Waals surface area contributed by atoms with Gasteiger partial charge in [-0.2, -0.15) is 4.98 Å². The van der Waals surface area contributed by atoms with Crippen LogP contribution < -0.4 is 10.1 Å². The highest BCUT2D eigenvalue weighted by atomic mass is 35.5. The van der Waals surface area contributed by atoms with Crippen molar-refractivity contribution in [2.24, 2.45) is 0 Å². The molecule has 0 aliphatic heterocycles. The number of hydrogen-bond donors (Lipinski definition) is 1. The van der Waals surface area contributed by atoms with Crippen LogP contribution in [0.2, 0.25) is 5.02 Å². The van der Waals surface area contributed by atoms with Crippen LogP contribution in [-0.4, -0.2) is 16.5 Å². The SMILES string of the molecule is CCNc1cc(OCc2cccc(Cl)c2)nc(C2CC2)n1. The largest absolute Gasteiger partial charge is 0.473 e. The molecule has 0 radical (unpaired) electrons. The zero-order chi connectivity index (χ0) is 14.7. The van der Waals surface area contributed by atoms with Crippen LogP contribution in [0.1, 0.15) is 37.1 Å². The van der Waals surface area contributed by atoms with Crippen LogP contribution in [0.25, 0.3) is 0 Å². The lowest BCUT2D eigenvalue weighted by atomic mass is 10.2. The van der Waals surface area contributed by atoms with E-state index in [1.165, 1.54) is 12.8 Å². The maximum absolute atomic E-state index is 5.98. The molecule has 5 heteroatoms. The molecule has 1 aliphatic carbocycles. The molecule has 0 bridgehead atoms. The highest BCUT2D eigenvalue weighted by Gasteiger charge is 2.27. The van der Waals surface area contributed by atoms with E-state index in [4.69, 9.17) is 16.3 Å². The highest BCUT2D eigenvalue weighted by Crippen LogP contribution is 2.39. The summed E-state index contributed by atoms with van der Waals surface area (Å²) >= 11 is 5.98. The lowest BCUT2D eigenvalue weighted by Gasteiger charge is -2.10. The van der Waals surface area contributed by atoms with Crippen LogP contribution in [0, 0.1) is 0 Å². The van der Waals surface area contributed by atoms with Crippen molar-refractivity contribution in [1.29, 1.82) is 0 Å². The van der Waals surface area contributed by atoms with Crippen LogP contribution in [0.3, 0.4) is 0 Å². The van der Waals surface area contributed by atoms with Gasteiger partial charge in [-0.3, -0.25) is 0 Å². The third-order valence-electron chi connectivity index (χ3n) is 3.30. The molecule has 0 amide bonds. The van der Waals surface area contributed by atoms with Gasteiger partial charge in [-0.05, 0) is 37.5 Å². The predicted octanol–water partition coefficient (Wildman–Crippen LogP) is 4.02. The Bertz CT molecular complexity index is 629. The van der Waals surface area contributed by atoms with E-state index in [0.717, 1.165) is 23.8 Å². The molecule has 1 aliphatic rings. The first-order valence-electron chi connectivity index (χ1n) is 7.24. The summed E-state index contributed by atoms with van der Waals surface area (Å²) in [6.45, 7) is 3.33. The van der Waals surface area contributed by atoms with E-state index in [0.29, 0.717) is 23.4 Å². The number of anilines is 1. The molecule has 1 heterocycles. The van der Waals surface area contributed by atoms with E-state index >= 15 is 0 Å². The number of rotatable bonds is 6. The Labute approximate surface area is 129 Å². The van der Waals surface area contributed by atoms with Crippen LogP contribution >= 0.6 is 11.6 Å². The molecule has 2 aromatic rings. The van der Waals surface area contributed by atoms with Gasteiger partial charge in [0, 0.05) is 23.6 Å². The van der Waals surface area contributed by atoms with Gasteiger partial charge in [0.25, 0.3) is 0 Å². The molecular formula is C16H18ClN3O. The van der Waals surface area contributed by atoms with Crippen molar-refractivity contribution in [1.82, 2.24) is 9.97 Å². The van der Waals surface area contributed by atoms with Gasteiger partial charge in [0.2, 0.25) is 5.88 Å². The van der Waals surface area contributed by atoms with Crippen molar-refractivity contribution in [2.45, 2.75) is 32.3 Å². The Morgan fingerprint density at radius 1 is 1.29 bits per heavy atom. The van der Waals surface area contributed by atoms with Crippen molar-refractivity contribution >= 4 is 17.4 Å². The summed E-state index contributed by atoms with van der Waals surface area (Å²) in [5.74, 6) is 2.82. The first-order chi connectivity index (χ1) is 10.2. The Kier molecular flexibility index (Phi) is 4.25. The van der Waals surface area contributed by atoms with Gasteiger partial charge in [-0.15, -0.1) is 0 Å². The second-order valence-electron chi connectivity index (χ2n) is 5.17. The van der Waals surface area contributed by atoms with E-state index in [2.05, 4.69) is 15.3 Å². The molecule has 3 rings (SSSR count). The summed E-state index contributed by atoms with van der Waals surface area (Å²) < 4.78 is 5.80. The Morgan fingerprint density at radius 3 is 2.86 bits per heavy atom. The summed E-state index contributed by atoms with van der Waals surface area (Å²) in [7, 11) is 0. The van der Waals surface area contributed by atoms with Crippen LogP contribution in [0.15, 0.2) is 30.3 Å². The number of hydrogen-bond acceptors (Lipinski definition) is 4. The lowest BCUT2D eigenvalue weighted by Crippen LogP contribution is -2.05. The minimum Gasteiger partial charge on any atom is -0.473 e. The normalized spacial score (nSPS) is 14.0. The van der Waals surface area contributed by atoms with E-state index in [9.17, 15) is 0 Å². The standard InChI is InChI=1S/C16H18ClN3O/c1-2-18-14-9-15(20-16(19-14)12-6-7-12)21-10-11-4-3-5-13(17)8-11/h3-5,8-9,12H,2,6-7,10H2,1H3,(H,18,19,20). The average Bonchev–Trinajstić information content (AvgIpc) is 3.30. The van der Waals surface area contributed by atoms with Crippen molar-refractivity contribution < 1.29 is 4.74 Å². The molecule has 1 saturated carbocycles. The Hall–Kier alpha value is -1.81. The fourth-order valence-electron chi connectivity index (χ4n) is 2.10. The minimum atomic E-state index is 0.452. The molecule has 1 N–H and O–H groups in total. The van der Waals surface area contributed by atoms with E-state index in [1.807, 2.05) is 37.3 Å². The van der Waals surface area contributed by atoms with Gasteiger partial charge < -0.3 is 10.1 Å². The van der Waals surface area contributed by atoms with Crippen LogP contribution in [0.5, 0.6) is 5.88 Å². The lowest BCUT2D eigenvalue weighted by molar-refractivity contribution is 0.292. The van der Waals surface area contributed by atoms with Gasteiger partial charge in [-0.1, -0.05) is 23.7 Å². The second kappa shape index (κ2) is 6.31. The first-order valence-corrected chi connectivity index (χ1v) is 7.62. The molecule has 1 aromatic carbocycles. The molecule has 0 saturated heterocycles. The quantitative estimate of drug-likeness (QED) is 0.875. The molecule has 1 aromatic heterocycles. The molecule has 110 valence electrons. The number of aromatic nitrogens is 2. The van der Waals surface area contributed by atoms with Crippen molar-refractivity contribution in [3.8, 4) is 5.88 Å². The number of benzene rings is 1. The Balaban J connectivity index is 1.74. The maximum atomic E-state index is 5.98. The van der Waals surface area contributed by atoms with Gasteiger partial charge in [0.05, 0.1) is 0 Å². The van der Waals surface area contributed by atoms with Gasteiger partial charge >= 0.3 is 0 Å². The van der Waals surface area contributed by atoms with Gasteiger partial charge in [0.1, 0.15) is 18.2 Å². The molecular weight excluding hydrogens is 286 g/mol. The van der Waals surface area contributed by atoms with Crippen molar-refractivity contribution in [3.63, 3.8) is 0 Å². The van der Waals surface area contributed by atoms with Crippen LogP contribution in [-0.2, 0) is 6.61 Å². The minimum absolute atomic E-state index is 0.452.